The maximum absolute atomic E-state index is 13.3. The van der Waals surface area contributed by atoms with Gasteiger partial charge >= 0.3 is 12.4 Å². The molecule has 0 aromatic heterocycles. The fraction of sp³-hybridized carbons (Fsp3) is 0.435. The molecule has 3 rings (SSSR count). The van der Waals surface area contributed by atoms with Crippen LogP contribution >= 0.6 is 0 Å². The van der Waals surface area contributed by atoms with Gasteiger partial charge in [0.15, 0.2) is 6.61 Å². The highest BCUT2D eigenvalue weighted by Gasteiger charge is 2.40. The van der Waals surface area contributed by atoms with E-state index in [1.165, 1.54) is 42.2 Å². The van der Waals surface area contributed by atoms with Gasteiger partial charge in [0.1, 0.15) is 5.75 Å². The molecule has 1 heterocycles. The summed E-state index contributed by atoms with van der Waals surface area (Å²) in [6.07, 6.45) is -8.53. The fourth-order valence-electron chi connectivity index (χ4n) is 3.98. The number of carbonyl (C=O) groups is 1. The van der Waals surface area contributed by atoms with Gasteiger partial charge in [-0.05, 0) is 55.2 Å². The molecule has 1 fully saturated rings. The standard InChI is InChI=1S/C23H24F6N2O4S/c1-16(32)31(18-6-8-19(9-7-18)35-15-22(24,25)26)13-11-17-10-12-30(14-17)36(33,34)21-5-3-2-4-20(21)23(27,28)29/h2-9,17H,10-15H2,1H3. The minimum absolute atomic E-state index is 0.00445. The van der Waals surface area contributed by atoms with Crippen molar-refractivity contribution >= 4 is 21.6 Å². The molecule has 0 bridgehead atoms. The van der Waals surface area contributed by atoms with E-state index in [2.05, 4.69) is 4.74 Å². The molecule has 0 spiro atoms. The SMILES string of the molecule is CC(=O)N(CCC1CCN(S(=O)(=O)c2ccccc2C(F)(F)F)C1)c1ccc(OCC(F)(F)F)cc1. The molecule has 1 saturated heterocycles. The molecule has 0 saturated carbocycles. The summed E-state index contributed by atoms with van der Waals surface area (Å²) in [5.74, 6) is -0.551. The summed E-state index contributed by atoms with van der Waals surface area (Å²) >= 11 is 0. The van der Waals surface area contributed by atoms with Gasteiger partial charge in [-0.3, -0.25) is 4.79 Å². The molecule has 0 N–H and O–H groups in total. The van der Waals surface area contributed by atoms with Crippen molar-refractivity contribution in [3.05, 3.63) is 54.1 Å². The number of halogens is 6. The van der Waals surface area contributed by atoms with Crippen LogP contribution < -0.4 is 9.64 Å². The zero-order chi connectivity index (χ0) is 26.7. The van der Waals surface area contributed by atoms with Crippen LogP contribution in [0.15, 0.2) is 53.4 Å². The zero-order valence-corrected chi connectivity index (χ0v) is 20.0. The lowest BCUT2D eigenvalue weighted by molar-refractivity contribution is -0.153. The van der Waals surface area contributed by atoms with Gasteiger partial charge in [-0.2, -0.15) is 30.6 Å². The van der Waals surface area contributed by atoms with Crippen molar-refractivity contribution in [2.45, 2.75) is 37.0 Å². The summed E-state index contributed by atoms with van der Waals surface area (Å²) in [6.45, 7) is 0.107. The zero-order valence-electron chi connectivity index (χ0n) is 19.1. The van der Waals surface area contributed by atoms with Crippen LogP contribution in [0, 0.1) is 5.92 Å². The van der Waals surface area contributed by atoms with Crippen molar-refractivity contribution in [1.82, 2.24) is 4.31 Å². The van der Waals surface area contributed by atoms with E-state index in [9.17, 15) is 39.6 Å². The summed E-state index contributed by atoms with van der Waals surface area (Å²) in [4.78, 5) is 12.8. The first-order chi connectivity index (χ1) is 16.7. The average Bonchev–Trinajstić information content (AvgIpc) is 3.27. The predicted octanol–water partition coefficient (Wildman–Crippen LogP) is 5.10. The third-order valence-corrected chi connectivity index (χ3v) is 7.67. The molecule has 1 unspecified atom stereocenters. The van der Waals surface area contributed by atoms with Gasteiger partial charge in [0.2, 0.25) is 15.9 Å². The largest absolute Gasteiger partial charge is 0.484 e. The number of hydrogen-bond donors (Lipinski definition) is 0. The summed E-state index contributed by atoms with van der Waals surface area (Å²) in [7, 11) is -4.37. The first-order valence-electron chi connectivity index (χ1n) is 10.9. The van der Waals surface area contributed by atoms with E-state index in [0.29, 0.717) is 18.5 Å². The molecule has 2 aromatic carbocycles. The van der Waals surface area contributed by atoms with E-state index >= 15 is 0 Å². The number of anilines is 1. The predicted molar refractivity (Wildman–Crippen MR) is 119 cm³/mol. The van der Waals surface area contributed by atoms with Crippen LogP contribution in [-0.2, 0) is 21.0 Å². The van der Waals surface area contributed by atoms with Crippen molar-refractivity contribution in [3.63, 3.8) is 0 Å². The van der Waals surface area contributed by atoms with E-state index in [0.717, 1.165) is 22.5 Å². The fourth-order valence-corrected chi connectivity index (χ4v) is 5.73. The van der Waals surface area contributed by atoms with Crippen molar-refractivity contribution in [1.29, 1.82) is 0 Å². The van der Waals surface area contributed by atoms with Crippen LogP contribution in [0.5, 0.6) is 5.75 Å². The van der Waals surface area contributed by atoms with Gasteiger partial charge in [0.05, 0.1) is 10.5 Å². The molecule has 6 nitrogen and oxygen atoms in total. The third-order valence-electron chi connectivity index (χ3n) is 5.75. The number of alkyl halides is 6. The monoisotopic (exact) mass is 538 g/mol. The summed E-state index contributed by atoms with van der Waals surface area (Å²) in [6, 6.07) is 9.51. The lowest BCUT2D eigenvalue weighted by Crippen LogP contribution is -2.32. The van der Waals surface area contributed by atoms with Crippen LogP contribution in [-0.4, -0.2) is 51.0 Å². The number of benzene rings is 2. The van der Waals surface area contributed by atoms with E-state index in [1.54, 1.807) is 0 Å². The summed E-state index contributed by atoms with van der Waals surface area (Å²) < 4.78 is 108. The number of sulfonamides is 1. The highest BCUT2D eigenvalue weighted by atomic mass is 32.2. The maximum Gasteiger partial charge on any atom is 0.422 e. The number of nitrogens with zero attached hydrogens (tertiary/aromatic N) is 2. The van der Waals surface area contributed by atoms with Gasteiger partial charge in [0.25, 0.3) is 0 Å². The molecule has 1 aliphatic heterocycles. The second kappa shape index (κ2) is 10.7. The van der Waals surface area contributed by atoms with E-state index in [-0.39, 0.29) is 37.2 Å². The van der Waals surface area contributed by atoms with Crippen molar-refractivity contribution in [2.75, 3.05) is 31.1 Å². The average molecular weight is 539 g/mol. The number of rotatable bonds is 8. The summed E-state index contributed by atoms with van der Waals surface area (Å²) in [5.41, 5.74) is -0.803. The molecule has 1 aliphatic rings. The number of carbonyl (C=O) groups excluding carboxylic acids is 1. The quantitative estimate of drug-likeness (QED) is 0.439. The van der Waals surface area contributed by atoms with Crippen LogP contribution in [0.25, 0.3) is 0 Å². The van der Waals surface area contributed by atoms with E-state index in [1.807, 2.05) is 0 Å². The molecule has 36 heavy (non-hydrogen) atoms. The topological polar surface area (TPSA) is 66.9 Å². The second-order valence-corrected chi connectivity index (χ2v) is 10.3. The Morgan fingerprint density at radius 3 is 2.28 bits per heavy atom. The van der Waals surface area contributed by atoms with Gasteiger partial charge in [0, 0.05) is 32.2 Å². The molecule has 13 heteroatoms. The first kappa shape index (κ1) is 27.8. The molecule has 198 valence electrons. The maximum atomic E-state index is 13.3. The molecule has 2 aromatic rings. The number of amides is 1. The highest BCUT2D eigenvalue weighted by molar-refractivity contribution is 7.89. The second-order valence-electron chi connectivity index (χ2n) is 8.37. The first-order valence-corrected chi connectivity index (χ1v) is 12.4. The van der Waals surface area contributed by atoms with E-state index in [4.69, 9.17) is 0 Å². The normalized spacial score (nSPS) is 17.2. The van der Waals surface area contributed by atoms with Crippen LogP contribution in [0.2, 0.25) is 0 Å². The van der Waals surface area contributed by atoms with Crippen LogP contribution in [0.3, 0.4) is 0 Å². The Balaban J connectivity index is 1.64. The molecular weight excluding hydrogens is 514 g/mol. The summed E-state index contributed by atoms with van der Waals surface area (Å²) in [5, 5.41) is 0. The van der Waals surface area contributed by atoms with Crippen molar-refractivity contribution in [2.24, 2.45) is 5.92 Å². The van der Waals surface area contributed by atoms with Crippen LogP contribution in [0.1, 0.15) is 25.3 Å². The minimum Gasteiger partial charge on any atom is -0.484 e. The van der Waals surface area contributed by atoms with Crippen molar-refractivity contribution in [3.8, 4) is 5.75 Å². The molecule has 0 radical (unpaired) electrons. The molecular formula is C23H24F6N2O4S. The van der Waals surface area contributed by atoms with Gasteiger partial charge in [-0.1, -0.05) is 12.1 Å². The molecule has 1 amide bonds. The Kier molecular flexibility index (Phi) is 8.23. The Hall–Kier alpha value is -2.80. The molecule has 0 aliphatic carbocycles. The Bertz CT molecular complexity index is 1170. The number of hydrogen-bond acceptors (Lipinski definition) is 4. The Morgan fingerprint density at radius 2 is 1.69 bits per heavy atom. The smallest absolute Gasteiger partial charge is 0.422 e. The third kappa shape index (κ3) is 6.90. The van der Waals surface area contributed by atoms with Gasteiger partial charge in [-0.25, -0.2) is 8.42 Å². The van der Waals surface area contributed by atoms with Crippen LogP contribution in [0.4, 0.5) is 32.0 Å². The molecule has 1 atom stereocenters. The lowest BCUT2D eigenvalue weighted by Gasteiger charge is -2.24. The Morgan fingerprint density at radius 1 is 1.06 bits per heavy atom. The van der Waals surface area contributed by atoms with Gasteiger partial charge < -0.3 is 9.64 Å². The minimum atomic E-state index is -4.82. The van der Waals surface area contributed by atoms with Gasteiger partial charge in [-0.15, -0.1) is 0 Å². The number of ether oxygens (including phenoxy) is 1. The Labute approximate surface area is 204 Å². The van der Waals surface area contributed by atoms with E-state index < -0.39 is 39.4 Å². The van der Waals surface area contributed by atoms with Crippen molar-refractivity contribution < 1.29 is 44.3 Å². The lowest BCUT2D eigenvalue weighted by atomic mass is 10.0. The highest BCUT2D eigenvalue weighted by Crippen LogP contribution is 2.36.